The van der Waals surface area contributed by atoms with Crippen LogP contribution in [0.5, 0.6) is 0 Å². The van der Waals surface area contributed by atoms with Gasteiger partial charge in [0.15, 0.2) is 11.6 Å². The van der Waals surface area contributed by atoms with Crippen molar-refractivity contribution in [1.82, 2.24) is 29.9 Å². The van der Waals surface area contributed by atoms with E-state index < -0.39 is 23.6 Å². The molecule has 0 aliphatic rings. The highest BCUT2D eigenvalue weighted by Gasteiger charge is 2.21. The number of carbonyl (C=O) groups excluding carboxylic acids is 2. The molecule has 0 aliphatic heterocycles. The van der Waals surface area contributed by atoms with E-state index in [0.29, 0.717) is 44.0 Å². The molecule has 3 N–H and O–H groups in total. The summed E-state index contributed by atoms with van der Waals surface area (Å²) in [6.45, 7) is 2.08. The zero-order valence-electron chi connectivity index (χ0n) is 23.7. The van der Waals surface area contributed by atoms with E-state index in [4.69, 9.17) is 5.73 Å². The second-order valence-electron chi connectivity index (χ2n) is 10.3. The maximum absolute atomic E-state index is 14.2. The van der Waals surface area contributed by atoms with Gasteiger partial charge in [-0.2, -0.15) is 5.10 Å². The Morgan fingerprint density at radius 3 is 2.43 bits per heavy atom. The fourth-order valence-corrected chi connectivity index (χ4v) is 4.47. The Hall–Kier alpha value is -4.48. The summed E-state index contributed by atoms with van der Waals surface area (Å²) in [6.07, 6.45) is 3.77. The highest BCUT2D eigenvalue weighted by molar-refractivity contribution is 5.86. The molecule has 220 valence electrons. The molecule has 0 unspecified atom stereocenters. The average Bonchev–Trinajstić information content (AvgIpc) is 3.40. The van der Waals surface area contributed by atoms with Crippen molar-refractivity contribution in [2.45, 2.75) is 25.4 Å². The number of carbonyl (C=O) groups is 2. The SMILES string of the molecule is CN(C)CCN(CCC(=O)N[C@@H](Cc1ccccc1)C(N)=O)Cc1cc(-c2cccnc2)nn1-c1ccc(F)c(F)c1. The third kappa shape index (κ3) is 8.51. The molecule has 0 saturated carbocycles. The summed E-state index contributed by atoms with van der Waals surface area (Å²) in [5, 5.41) is 7.45. The summed E-state index contributed by atoms with van der Waals surface area (Å²) in [4.78, 5) is 33.3. The van der Waals surface area contributed by atoms with Crippen LogP contribution < -0.4 is 11.1 Å². The monoisotopic (exact) mass is 575 g/mol. The number of hydrogen-bond donors (Lipinski definition) is 2. The van der Waals surface area contributed by atoms with E-state index >= 15 is 0 Å². The molecule has 2 aromatic heterocycles. The molecule has 2 heterocycles. The minimum atomic E-state index is -0.975. The van der Waals surface area contributed by atoms with E-state index in [1.54, 1.807) is 23.1 Å². The third-order valence-electron chi connectivity index (χ3n) is 6.75. The van der Waals surface area contributed by atoms with Crippen LogP contribution in [0.2, 0.25) is 0 Å². The first-order chi connectivity index (χ1) is 20.2. The Bertz CT molecular complexity index is 1480. The molecule has 0 fully saturated rings. The van der Waals surface area contributed by atoms with Gasteiger partial charge in [0.25, 0.3) is 0 Å². The largest absolute Gasteiger partial charge is 0.368 e. The summed E-state index contributed by atoms with van der Waals surface area (Å²) in [5.74, 6) is -2.82. The van der Waals surface area contributed by atoms with Gasteiger partial charge in [0.2, 0.25) is 11.8 Å². The minimum absolute atomic E-state index is 0.126. The van der Waals surface area contributed by atoms with E-state index in [2.05, 4.69) is 20.3 Å². The molecule has 0 saturated heterocycles. The lowest BCUT2D eigenvalue weighted by Crippen LogP contribution is -2.46. The molecular weight excluding hydrogens is 540 g/mol. The Morgan fingerprint density at radius 2 is 1.76 bits per heavy atom. The maximum atomic E-state index is 14.2. The lowest BCUT2D eigenvalue weighted by molar-refractivity contribution is -0.127. The maximum Gasteiger partial charge on any atom is 0.240 e. The van der Waals surface area contributed by atoms with Crippen molar-refractivity contribution in [1.29, 1.82) is 0 Å². The Labute approximate surface area is 244 Å². The van der Waals surface area contributed by atoms with E-state index in [1.807, 2.05) is 61.5 Å². The predicted octanol–water partition coefficient (Wildman–Crippen LogP) is 3.18. The van der Waals surface area contributed by atoms with E-state index in [1.165, 1.54) is 6.07 Å². The number of halogens is 2. The molecule has 0 aliphatic carbocycles. The average molecular weight is 576 g/mol. The summed E-state index contributed by atoms with van der Waals surface area (Å²) in [7, 11) is 3.91. The molecule has 4 rings (SSSR count). The first-order valence-electron chi connectivity index (χ1n) is 13.6. The van der Waals surface area contributed by atoms with Crippen LogP contribution in [0, 0.1) is 11.6 Å². The smallest absolute Gasteiger partial charge is 0.240 e. The topological polar surface area (TPSA) is 109 Å². The molecule has 4 aromatic rings. The van der Waals surface area contributed by atoms with Crippen molar-refractivity contribution in [2.75, 3.05) is 33.7 Å². The van der Waals surface area contributed by atoms with E-state index in [9.17, 15) is 18.4 Å². The summed E-state index contributed by atoms with van der Waals surface area (Å²) < 4.78 is 29.5. The fourth-order valence-electron chi connectivity index (χ4n) is 4.47. The lowest BCUT2D eigenvalue weighted by Gasteiger charge is -2.25. The van der Waals surface area contributed by atoms with Gasteiger partial charge < -0.3 is 16.0 Å². The van der Waals surface area contributed by atoms with Gasteiger partial charge in [0.1, 0.15) is 6.04 Å². The summed E-state index contributed by atoms with van der Waals surface area (Å²) >= 11 is 0. The van der Waals surface area contributed by atoms with Crippen LogP contribution in [0.3, 0.4) is 0 Å². The van der Waals surface area contributed by atoms with Crippen LogP contribution >= 0.6 is 0 Å². The number of nitrogens with two attached hydrogens (primary N) is 1. The van der Waals surface area contributed by atoms with Gasteiger partial charge in [-0.15, -0.1) is 0 Å². The van der Waals surface area contributed by atoms with Crippen molar-refractivity contribution in [3.05, 3.63) is 102 Å². The van der Waals surface area contributed by atoms with Crippen molar-refractivity contribution >= 4 is 11.8 Å². The molecule has 11 heteroatoms. The number of amides is 2. The number of rotatable bonds is 14. The number of nitrogens with zero attached hydrogens (tertiary/aromatic N) is 5. The number of hydrogen-bond acceptors (Lipinski definition) is 6. The number of aromatic nitrogens is 3. The molecule has 1 atom stereocenters. The lowest BCUT2D eigenvalue weighted by atomic mass is 10.1. The van der Waals surface area contributed by atoms with Crippen molar-refractivity contribution in [3.63, 3.8) is 0 Å². The van der Waals surface area contributed by atoms with Crippen molar-refractivity contribution in [2.24, 2.45) is 5.73 Å². The van der Waals surface area contributed by atoms with Crippen LogP contribution in [0.15, 0.2) is 79.1 Å². The second kappa shape index (κ2) is 14.4. The van der Waals surface area contributed by atoms with Crippen LogP contribution in [-0.4, -0.2) is 76.2 Å². The standard InChI is InChI=1S/C31H35F2N7O2/c1-38(2)15-16-39(14-12-30(41)36-29(31(34)42)17-22-7-4-3-5-8-22)21-25-19-28(23-9-6-13-35-20-23)37-40(25)24-10-11-26(32)27(33)18-24/h3-11,13,18-20,29H,12,14-17,21H2,1-2H3,(H2,34,42)(H,36,41)/t29-/m0/s1. The molecule has 0 radical (unpaired) electrons. The first-order valence-corrected chi connectivity index (χ1v) is 13.6. The van der Waals surface area contributed by atoms with E-state index in [0.717, 1.165) is 29.0 Å². The highest BCUT2D eigenvalue weighted by atomic mass is 19.2. The zero-order valence-corrected chi connectivity index (χ0v) is 23.7. The number of pyridine rings is 1. The molecule has 9 nitrogen and oxygen atoms in total. The molecule has 2 amide bonds. The number of nitrogens with one attached hydrogen (secondary N) is 1. The molecule has 2 aromatic carbocycles. The molecular formula is C31H35F2N7O2. The Morgan fingerprint density at radius 1 is 0.976 bits per heavy atom. The van der Waals surface area contributed by atoms with E-state index in [-0.39, 0.29) is 12.3 Å². The van der Waals surface area contributed by atoms with Gasteiger partial charge in [-0.05, 0) is 50.0 Å². The quantitative estimate of drug-likeness (QED) is 0.239. The normalized spacial score (nSPS) is 12.0. The number of benzene rings is 2. The second-order valence-corrected chi connectivity index (χ2v) is 10.3. The number of primary amides is 1. The fraction of sp³-hybridized carbons (Fsp3) is 0.290. The van der Waals surface area contributed by atoms with Crippen LogP contribution in [0.25, 0.3) is 16.9 Å². The molecule has 42 heavy (non-hydrogen) atoms. The summed E-state index contributed by atoms with van der Waals surface area (Å²) in [6, 6.07) is 17.7. The third-order valence-corrected chi connectivity index (χ3v) is 6.75. The van der Waals surface area contributed by atoms with Crippen LogP contribution in [0.1, 0.15) is 17.7 Å². The predicted molar refractivity (Wildman–Crippen MR) is 156 cm³/mol. The Balaban J connectivity index is 1.53. The zero-order chi connectivity index (χ0) is 30.1. The van der Waals surface area contributed by atoms with Gasteiger partial charge >= 0.3 is 0 Å². The van der Waals surface area contributed by atoms with Gasteiger partial charge in [0, 0.05) is 63.0 Å². The molecule has 0 spiro atoms. The van der Waals surface area contributed by atoms with Gasteiger partial charge in [-0.25, -0.2) is 13.5 Å². The minimum Gasteiger partial charge on any atom is -0.368 e. The summed E-state index contributed by atoms with van der Waals surface area (Å²) in [5.41, 5.74) is 8.96. The Kier molecular flexibility index (Phi) is 10.5. The van der Waals surface area contributed by atoms with Crippen molar-refractivity contribution in [3.8, 4) is 16.9 Å². The highest BCUT2D eigenvalue weighted by Crippen LogP contribution is 2.23. The van der Waals surface area contributed by atoms with Gasteiger partial charge in [0.05, 0.1) is 17.1 Å². The van der Waals surface area contributed by atoms with Gasteiger partial charge in [-0.1, -0.05) is 30.3 Å². The van der Waals surface area contributed by atoms with Gasteiger partial charge in [-0.3, -0.25) is 19.5 Å². The first kappa shape index (κ1) is 30.5. The number of likely N-dealkylation sites (N-methyl/N-ethyl adjacent to an activating group) is 1. The van der Waals surface area contributed by atoms with Crippen molar-refractivity contribution < 1.29 is 18.4 Å². The van der Waals surface area contributed by atoms with Crippen LogP contribution in [-0.2, 0) is 22.6 Å². The molecule has 0 bridgehead atoms. The van der Waals surface area contributed by atoms with Crippen LogP contribution in [0.4, 0.5) is 8.78 Å².